The van der Waals surface area contributed by atoms with E-state index >= 15 is 0 Å². The number of rotatable bonds is 11. The standard InChI is InChI=1S/C14H20O6.C4H6O4.Mg.2H/c1-6-10(15)11(16)7-19-13(18)14(4,5)8-20-12(17)9(2)3;5-3(6)1-2-4(7)8;;;/h6,11,16H,1-2,7-8H2,3-5H3;1-2H2,(H,5,6)(H,7,8);;;/q;;+2;2*-1. The molecule has 1 atom stereocenters. The summed E-state index contributed by atoms with van der Waals surface area (Å²) >= 11 is 0. The molecule has 0 radical (unpaired) electrons. The number of aliphatic hydroxyl groups is 1. The van der Waals surface area contributed by atoms with E-state index in [0.717, 1.165) is 6.08 Å². The van der Waals surface area contributed by atoms with Gasteiger partial charge in [0, 0.05) is 5.57 Å². The largest absolute Gasteiger partial charge is 2.00 e. The minimum atomic E-state index is -1.44. The van der Waals surface area contributed by atoms with E-state index in [1.807, 2.05) is 0 Å². The van der Waals surface area contributed by atoms with Gasteiger partial charge in [0.1, 0.15) is 13.2 Å². The van der Waals surface area contributed by atoms with Crippen LogP contribution in [0.2, 0.25) is 0 Å². The molecule has 0 aliphatic rings. The van der Waals surface area contributed by atoms with E-state index in [2.05, 4.69) is 13.2 Å². The number of hydrogen-bond acceptors (Lipinski definition) is 8. The van der Waals surface area contributed by atoms with Gasteiger partial charge in [-0.3, -0.25) is 19.2 Å². The molecule has 29 heavy (non-hydrogen) atoms. The van der Waals surface area contributed by atoms with Gasteiger partial charge in [-0.2, -0.15) is 0 Å². The fraction of sp³-hybridized carbons (Fsp3) is 0.500. The van der Waals surface area contributed by atoms with Crippen LogP contribution in [-0.2, 0) is 33.4 Å². The predicted molar refractivity (Wildman–Crippen MR) is 104 cm³/mol. The number of carbonyl (C=O) groups excluding carboxylic acids is 3. The van der Waals surface area contributed by atoms with Gasteiger partial charge in [-0.25, -0.2) is 4.79 Å². The average Bonchev–Trinajstić information content (AvgIpc) is 2.61. The van der Waals surface area contributed by atoms with E-state index in [1.165, 1.54) is 20.8 Å². The van der Waals surface area contributed by atoms with Crippen LogP contribution in [0, 0.1) is 5.41 Å². The molecule has 0 saturated carbocycles. The van der Waals surface area contributed by atoms with Crippen molar-refractivity contribution in [1.29, 1.82) is 0 Å². The molecule has 3 N–H and O–H groups in total. The van der Waals surface area contributed by atoms with Gasteiger partial charge in [0.15, 0.2) is 11.9 Å². The van der Waals surface area contributed by atoms with Crippen LogP contribution < -0.4 is 0 Å². The summed E-state index contributed by atoms with van der Waals surface area (Å²) in [7, 11) is 0. The molecule has 11 heteroatoms. The molecule has 0 aromatic heterocycles. The number of hydrogen-bond donors (Lipinski definition) is 3. The maximum absolute atomic E-state index is 11.8. The van der Waals surface area contributed by atoms with Crippen LogP contribution in [0.5, 0.6) is 0 Å². The Morgan fingerprint density at radius 1 is 1.07 bits per heavy atom. The van der Waals surface area contributed by atoms with Crippen LogP contribution in [0.3, 0.4) is 0 Å². The van der Waals surface area contributed by atoms with Gasteiger partial charge in [-0.1, -0.05) is 13.2 Å². The fourth-order valence-electron chi connectivity index (χ4n) is 1.21. The number of ether oxygens (including phenoxy) is 2. The van der Waals surface area contributed by atoms with Crippen LogP contribution in [0.1, 0.15) is 36.5 Å². The Labute approximate surface area is 187 Å². The molecule has 0 aliphatic heterocycles. The van der Waals surface area contributed by atoms with Crippen LogP contribution in [0.25, 0.3) is 0 Å². The number of ketones is 1. The summed E-state index contributed by atoms with van der Waals surface area (Å²) in [5.41, 5.74) is -0.872. The molecule has 0 aromatic rings. The summed E-state index contributed by atoms with van der Waals surface area (Å²) in [6.07, 6.45) is -1.09. The Bertz CT molecular complexity index is 621. The van der Waals surface area contributed by atoms with Crippen molar-refractivity contribution in [1.82, 2.24) is 0 Å². The molecule has 0 heterocycles. The van der Waals surface area contributed by atoms with Crippen molar-refractivity contribution >= 4 is 52.7 Å². The first-order valence-electron chi connectivity index (χ1n) is 8.02. The number of carboxylic acids is 2. The van der Waals surface area contributed by atoms with Gasteiger partial charge in [0.25, 0.3) is 0 Å². The van der Waals surface area contributed by atoms with Gasteiger partial charge >= 0.3 is 46.9 Å². The van der Waals surface area contributed by atoms with E-state index in [1.54, 1.807) is 0 Å². The monoisotopic (exact) mass is 428 g/mol. The second-order valence-corrected chi connectivity index (χ2v) is 6.25. The first kappa shape index (κ1) is 31.5. The van der Waals surface area contributed by atoms with E-state index in [9.17, 15) is 29.1 Å². The van der Waals surface area contributed by atoms with Crippen molar-refractivity contribution < 1.29 is 51.6 Å². The molecule has 162 valence electrons. The maximum atomic E-state index is 11.8. The topological polar surface area (TPSA) is 164 Å². The van der Waals surface area contributed by atoms with Gasteiger partial charge in [0.2, 0.25) is 0 Å². The molecule has 0 aromatic carbocycles. The summed E-state index contributed by atoms with van der Waals surface area (Å²) in [5.74, 6) is -4.08. The molecular formula is C18H28MgO10. The number of aliphatic carboxylic acids is 2. The molecule has 0 aliphatic carbocycles. The first-order valence-corrected chi connectivity index (χ1v) is 8.02. The van der Waals surface area contributed by atoms with Crippen LogP contribution >= 0.6 is 0 Å². The number of carbonyl (C=O) groups is 5. The zero-order valence-corrected chi connectivity index (χ0v) is 18.2. The Kier molecular flexibility index (Phi) is 17.0. The van der Waals surface area contributed by atoms with E-state index in [0.29, 0.717) is 0 Å². The zero-order chi connectivity index (χ0) is 22.5. The van der Waals surface area contributed by atoms with Crippen LogP contribution in [-0.4, -0.2) is 87.4 Å². The van der Waals surface area contributed by atoms with E-state index in [4.69, 9.17) is 19.7 Å². The van der Waals surface area contributed by atoms with Crippen LogP contribution in [0.15, 0.2) is 24.8 Å². The van der Waals surface area contributed by atoms with Gasteiger partial charge in [-0.05, 0) is 26.8 Å². The third kappa shape index (κ3) is 16.4. The van der Waals surface area contributed by atoms with Crippen LogP contribution in [0.4, 0.5) is 0 Å². The molecule has 0 fully saturated rings. The second-order valence-electron chi connectivity index (χ2n) is 6.25. The molecule has 0 amide bonds. The summed E-state index contributed by atoms with van der Waals surface area (Å²) in [6.45, 7) is 10.5. The Morgan fingerprint density at radius 3 is 1.86 bits per heavy atom. The van der Waals surface area contributed by atoms with Crippen molar-refractivity contribution in [2.75, 3.05) is 13.2 Å². The zero-order valence-electron chi connectivity index (χ0n) is 18.8. The maximum Gasteiger partial charge on any atom is 2.00 e. The quantitative estimate of drug-likeness (QED) is 0.240. The Morgan fingerprint density at radius 2 is 1.52 bits per heavy atom. The molecule has 10 nitrogen and oxygen atoms in total. The summed E-state index contributed by atoms with van der Waals surface area (Å²) in [5, 5.41) is 25.1. The molecule has 1 unspecified atom stereocenters. The normalized spacial score (nSPS) is 10.8. The molecule has 0 rings (SSSR count). The third-order valence-electron chi connectivity index (χ3n) is 2.92. The van der Waals surface area contributed by atoms with E-state index < -0.39 is 47.8 Å². The third-order valence-corrected chi connectivity index (χ3v) is 2.92. The Balaban J connectivity index is -0.000000176. The van der Waals surface area contributed by atoms with Crippen molar-refractivity contribution in [3.05, 3.63) is 24.8 Å². The summed E-state index contributed by atoms with van der Waals surface area (Å²) in [6, 6.07) is 0. The minimum absolute atomic E-state index is 0. The van der Waals surface area contributed by atoms with Crippen molar-refractivity contribution in [3.63, 3.8) is 0 Å². The average molecular weight is 429 g/mol. The fourth-order valence-corrected chi connectivity index (χ4v) is 1.21. The molecule has 0 spiro atoms. The van der Waals surface area contributed by atoms with E-state index in [-0.39, 0.29) is 50.9 Å². The number of carboxylic acid groups (broad SMARTS) is 2. The predicted octanol–water partition coefficient (Wildman–Crippen LogP) is 0.571. The van der Waals surface area contributed by atoms with Crippen molar-refractivity contribution in [2.45, 2.75) is 39.7 Å². The second kappa shape index (κ2) is 15.7. The summed E-state index contributed by atoms with van der Waals surface area (Å²) in [4.78, 5) is 53.3. The van der Waals surface area contributed by atoms with Crippen molar-refractivity contribution in [2.24, 2.45) is 5.41 Å². The first-order chi connectivity index (χ1) is 12.7. The molecular weight excluding hydrogens is 400 g/mol. The number of aliphatic hydroxyl groups excluding tert-OH is 1. The number of esters is 2. The summed E-state index contributed by atoms with van der Waals surface area (Å²) < 4.78 is 9.69. The van der Waals surface area contributed by atoms with Crippen molar-refractivity contribution in [3.8, 4) is 0 Å². The Hall–Kier alpha value is -2.24. The molecule has 0 saturated heterocycles. The van der Waals surface area contributed by atoms with Gasteiger partial charge in [0.05, 0.1) is 18.3 Å². The SMILES string of the molecule is C=CC(=O)C(O)COC(=O)C(C)(C)COC(=O)C(=C)C.O=C(O)CCC(=O)O.[H-].[H-].[Mg+2]. The molecule has 0 bridgehead atoms. The minimum Gasteiger partial charge on any atom is -1.00 e. The smallest absolute Gasteiger partial charge is 1.00 e. The van der Waals surface area contributed by atoms with Gasteiger partial charge < -0.3 is 27.6 Å². The van der Waals surface area contributed by atoms with Gasteiger partial charge in [-0.15, -0.1) is 0 Å².